The topological polar surface area (TPSA) is 127 Å². The molecule has 3 rings (SSSR count). The van der Waals surface area contributed by atoms with E-state index in [9.17, 15) is 18.0 Å². The molecule has 2 heterocycles. The zero-order valence-electron chi connectivity index (χ0n) is 15.3. The van der Waals surface area contributed by atoms with Crippen LogP contribution in [-0.2, 0) is 26.0 Å². The molecule has 3 aromatic rings. The maximum atomic E-state index is 12.3. The van der Waals surface area contributed by atoms with E-state index in [1.165, 1.54) is 19.2 Å². The van der Waals surface area contributed by atoms with Crippen molar-refractivity contribution < 1.29 is 22.7 Å². The predicted molar refractivity (Wildman–Crippen MR) is 110 cm³/mol. The van der Waals surface area contributed by atoms with Crippen molar-refractivity contribution in [3.05, 3.63) is 52.0 Å². The Morgan fingerprint density at radius 1 is 1.14 bits per heavy atom. The second-order valence-corrected chi connectivity index (χ2v) is 9.25. The van der Waals surface area contributed by atoms with Gasteiger partial charge in [0.05, 0.1) is 29.8 Å². The summed E-state index contributed by atoms with van der Waals surface area (Å²) in [5, 5.41) is 4.63. The second kappa shape index (κ2) is 8.68. The highest BCUT2D eigenvalue weighted by molar-refractivity contribution is 7.93. The Morgan fingerprint density at radius 2 is 1.86 bits per heavy atom. The van der Waals surface area contributed by atoms with Crippen molar-refractivity contribution in [2.75, 3.05) is 17.1 Å². The lowest BCUT2D eigenvalue weighted by Gasteiger charge is -2.04. The van der Waals surface area contributed by atoms with E-state index < -0.39 is 21.9 Å². The Balaban J connectivity index is 1.63. The number of thiazole rings is 2. The quantitative estimate of drug-likeness (QED) is 0.528. The number of aryl methyl sites for hydroxylation is 1. The van der Waals surface area contributed by atoms with Gasteiger partial charge in [-0.15, -0.1) is 11.3 Å². The summed E-state index contributed by atoms with van der Waals surface area (Å²) < 4.78 is 31.7. The molecule has 0 unspecified atom stereocenters. The highest BCUT2D eigenvalue weighted by Crippen LogP contribution is 2.24. The Bertz CT molecular complexity index is 1140. The first-order valence-electron chi connectivity index (χ1n) is 8.16. The minimum absolute atomic E-state index is 0.0737. The first kappa shape index (κ1) is 20.9. The number of nitrogens with one attached hydrogen (secondary N) is 2. The van der Waals surface area contributed by atoms with Crippen molar-refractivity contribution in [3.63, 3.8) is 0 Å². The van der Waals surface area contributed by atoms with Gasteiger partial charge in [0.15, 0.2) is 10.3 Å². The summed E-state index contributed by atoms with van der Waals surface area (Å²) in [6.07, 6.45) is -0.0737. The van der Waals surface area contributed by atoms with Crippen LogP contribution in [0.2, 0.25) is 0 Å². The maximum absolute atomic E-state index is 12.3. The lowest BCUT2D eigenvalue weighted by atomic mass is 10.3. The van der Waals surface area contributed by atoms with Gasteiger partial charge >= 0.3 is 5.97 Å². The van der Waals surface area contributed by atoms with E-state index in [0.717, 1.165) is 22.7 Å². The van der Waals surface area contributed by atoms with Crippen LogP contribution in [-0.4, -0.2) is 37.4 Å². The predicted octanol–water partition coefficient (Wildman–Crippen LogP) is 2.68. The normalized spacial score (nSPS) is 11.1. The number of rotatable bonds is 7. The van der Waals surface area contributed by atoms with Gasteiger partial charge in [0.25, 0.3) is 10.0 Å². The Kier molecular flexibility index (Phi) is 6.25. The number of carbonyl (C=O) groups excluding carboxylic acids is 2. The standard InChI is InChI=1S/C17H16N4O5S3/c1-10-14(15(23)26-2)28-16(18-10)20-13(22)8-11-9-27-17(19-11)21-29(24,25)12-6-4-3-5-7-12/h3-7,9H,8H2,1-2H3,(H,19,21)(H,18,20,22). The van der Waals surface area contributed by atoms with E-state index in [1.807, 2.05) is 0 Å². The number of carbonyl (C=O) groups is 2. The average Bonchev–Trinajstić information content (AvgIpc) is 3.27. The molecular formula is C17H16N4O5S3. The first-order chi connectivity index (χ1) is 13.8. The molecular weight excluding hydrogens is 436 g/mol. The summed E-state index contributed by atoms with van der Waals surface area (Å²) in [6, 6.07) is 7.92. The van der Waals surface area contributed by atoms with Gasteiger partial charge in [-0.3, -0.25) is 9.52 Å². The summed E-state index contributed by atoms with van der Waals surface area (Å²) in [4.78, 5) is 32.5. The Labute approximate surface area is 174 Å². The van der Waals surface area contributed by atoms with Gasteiger partial charge in [-0.05, 0) is 19.1 Å². The van der Waals surface area contributed by atoms with Gasteiger partial charge in [-0.2, -0.15) is 0 Å². The fraction of sp³-hybridized carbons (Fsp3) is 0.176. The molecule has 2 N–H and O–H groups in total. The van der Waals surface area contributed by atoms with Crippen LogP contribution < -0.4 is 10.0 Å². The summed E-state index contributed by atoms with van der Waals surface area (Å²) in [5.41, 5.74) is 0.864. The van der Waals surface area contributed by atoms with Crippen LogP contribution in [0.3, 0.4) is 0 Å². The lowest BCUT2D eigenvalue weighted by Crippen LogP contribution is -2.15. The van der Waals surface area contributed by atoms with Crippen LogP contribution in [0.4, 0.5) is 10.3 Å². The number of methoxy groups -OCH3 is 1. The van der Waals surface area contributed by atoms with Gasteiger partial charge in [0.2, 0.25) is 5.91 Å². The number of sulfonamides is 1. The molecule has 1 aromatic carbocycles. The molecule has 0 radical (unpaired) electrons. The largest absolute Gasteiger partial charge is 0.465 e. The number of amides is 1. The summed E-state index contributed by atoms with van der Waals surface area (Å²) in [6.45, 7) is 1.64. The van der Waals surface area contributed by atoms with Crippen molar-refractivity contribution in [3.8, 4) is 0 Å². The Hall–Kier alpha value is -2.83. The first-order valence-corrected chi connectivity index (χ1v) is 11.3. The van der Waals surface area contributed by atoms with Gasteiger partial charge < -0.3 is 10.1 Å². The number of esters is 1. The lowest BCUT2D eigenvalue weighted by molar-refractivity contribution is -0.115. The van der Waals surface area contributed by atoms with Gasteiger partial charge in [0, 0.05) is 5.38 Å². The zero-order chi connectivity index (χ0) is 21.0. The van der Waals surface area contributed by atoms with Gasteiger partial charge in [-0.25, -0.2) is 23.2 Å². The monoisotopic (exact) mass is 452 g/mol. The number of aromatic nitrogens is 2. The van der Waals surface area contributed by atoms with Gasteiger partial charge in [-0.1, -0.05) is 29.5 Å². The molecule has 0 saturated heterocycles. The van der Waals surface area contributed by atoms with Crippen LogP contribution in [0.5, 0.6) is 0 Å². The van der Waals surface area contributed by atoms with Crippen molar-refractivity contribution in [1.29, 1.82) is 0 Å². The van der Waals surface area contributed by atoms with Crippen LogP contribution >= 0.6 is 22.7 Å². The smallest absolute Gasteiger partial charge is 0.350 e. The maximum Gasteiger partial charge on any atom is 0.350 e. The molecule has 1 amide bonds. The number of nitrogens with zero attached hydrogens (tertiary/aromatic N) is 2. The molecule has 2 aromatic heterocycles. The van der Waals surface area contributed by atoms with Crippen LogP contribution in [0, 0.1) is 6.92 Å². The molecule has 0 aliphatic rings. The third-order valence-corrected chi connectivity index (χ3v) is 6.93. The molecule has 29 heavy (non-hydrogen) atoms. The number of hydrogen-bond donors (Lipinski definition) is 2. The van der Waals surface area contributed by atoms with Crippen molar-refractivity contribution in [2.24, 2.45) is 0 Å². The van der Waals surface area contributed by atoms with Crippen LogP contribution in [0.25, 0.3) is 0 Å². The van der Waals surface area contributed by atoms with Crippen LogP contribution in [0.1, 0.15) is 21.1 Å². The fourth-order valence-electron chi connectivity index (χ4n) is 2.27. The molecule has 12 heteroatoms. The van der Waals surface area contributed by atoms with E-state index >= 15 is 0 Å². The van der Waals surface area contributed by atoms with Gasteiger partial charge in [0.1, 0.15) is 4.88 Å². The number of anilines is 2. The number of ether oxygens (including phenoxy) is 1. The zero-order valence-corrected chi connectivity index (χ0v) is 17.8. The highest BCUT2D eigenvalue weighted by atomic mass is 32.2. The average molecular weight is 453 g/mol. The molecule has 0 saturated carbocycles. The van der Waals surface area contributed by atoms with Crippen LogP contribution in [0.15, 0.2) is 40.6 Å². The highest BCUT2D eigenvalue weighted by Gasteiger charge is 2.19. The minimum Gasteiger partial charge on any atom is -0.465 e. The molecule has 0 bridgehead atoms. The number of benzene rings is 1. The molecule has 0 atom stereocenters. The SMILES string of the molecule is COC(=O)c1sc(NC(=O)Cc2csc(NS(=O)(=O)c3ccccc3)n2)nc1C. The van der Waals surface area contributed by atoms with Crippen molar-refractivity contribution in [2.45, 2.75) is 18.2 Å². The molecule has 0 aliphatic carbocycles. The van der Waals surface area contributed by atoms with E-state index in [2.05, 4.69) is 24.7 Å². The molecule has 152 valence electrons. The minimum atomic E-state index is -3.74. The second-order valence-electron chi connectivity index (χ2n) is 5.71. The molecule has 9 nitrogen and oxygen atoms in total. The van der Waals surface area contributed by atoms with Crippen molar-refractivity contribution >= 4 is 54.8 Å². The summed E-state index contributed by atoms with van der Waals surface area (Å²) >= 11 is 2.09. The third-order valence-electron chi connectivity index (χ3n) is 3.58. The third kappa shape index (κ3) is 5.16. The molecule has 0 fully saturated rings. The molecule has 0 aliphatic heterocycles. The number of hydrogen-bond acceptors (Lipinski definition) is 9. The van der Waals surface area contributed by atoms with E-state index in [1.54, 1.807) is 30.5 Å². The summed E-state index contributed by atoms with van der Waals surface area (Å²) in [5.74, 6) is -0.909. The summed E-state index contributed by atoms with van der Waals surface area (Å²) in [7, 11) is -2.48. The van der Waals surface area contributed by atoms with E-state index in [0.29, 0.717) is 16.3 Å². The van der Waals surface area contributed by atoms with Crippen molar-refractivity contribution in [1.82, 2.24) is 9.97 Å². The Morgan fingerprint density at radius 3 is 2.55 bits per heavy atom. The van der Waals surface area contributed by atoms with E-state index in [4.69, 9.17) is 0 Å². The van der Waals surface area contributed by atoms with E-state index in [-0.39, 0.29) is 21.6 Å². The fourth-order valence-corrected chi connectivity index (χ4v) is 5.15. The molecule has 0 spiro atoms.